The molecule has 0 radical (unpaired) electrons. The molecule has 0 bridgehead atoms. The van der Waals surface area contributed by atoms with E-state index in [1.807, 2.05) is 30.3 Å². The summed E-state index contributed by atoms with van der Waals surface area (Å²) in [5.41, 5.74) is 2.90. The molecule has 3 aromatic carbocycles. The van der Waals surface area contributed by atoms with Gasteiger partial charge < -0.3 is 14.4 Å². The van der Waals surface area contributed by atoms with Crippen molar-refractivity contribution < 1.29 is 18.1 Å². The van der Waals surface area contributed by atoms with Crippen LogP contribution in [0.1, 0.15) is 47.6 Å². The molecule has 190 valence electrons. The van der Waals surface area contributed by atoms with E-state index < -0.39 is 21.7 Å². The Balaban J connectivity index is 1.31. The lowest BCUT2D eigenvalue weighted by atomic mass is 9.95. The largest absolute Gasteiger partial charge is 0.772 e. The fourth-order valence-electron chi connectivity index (χ4n) is 4.33. The summed E-state index contributed by atoms with van der Waals surface area (Å²) in [6.45, 7) is 1.61. The number of hydrogen-bond acceptors (Lipinski definition) is 6. The monoisotopic (exact) mass is 554 g/mol. The van der Waals surface area contributed by atoms with Crippen molar-refractivity contribution in [3.63, 3.8) is 0 Å². The highest BCUT2D eigenvalue weighted by molar-refractivity contribution is 7.79. The maximum absolute atomic E-state index is 12.7. The van der Waals surface area contributed by atoms with Crippen LogP contribution in [-0.2, 0) is 27.7 Å². The predicted octanol–water partition coefficient (Wildman–Crippen LogP) is 6.24. The quantitative estimate of drug-likeness (QED) is 0.258. The van der Waals surface area contributed by atoms with E-state index >= 15 is 0 Å². The number of amides is 1. The van der Waals surface area contributed by atoms with Crippen molar-refractivity contribution in [2.45, 2.75) is 36.9 Å². The molecule has 1 amide bonds. The molecule has 2 unspecified atom stereocenters. The van der Waals surface area contributed by atoms with E-state index in [-0.39, 0.29) is 12.3 Å². The van der Waals surface area contributed by atoms with Gasteiger partial charge in [0.05, 0.1) is 11.8 Å². The van der Waals surface area contributed by atoms with E-state index in [4.69, 9.17) is 27.7 Å². The molecule has 1 saturated carbocycles. The molecule has 10 heteroatoms. The van der Waals surface area contributed by atoms with Crippen molar-refractivity contribution in [3.8, 4) is 11.4 Å². The molecule has 1 aromatic heterocycles. The van der Waals surface area contributed by atoms with E-state index in [1.165, 1.54) is 0 Å². The Kier molecular flexibility index (Phi) is 7.18. The van der Waals surface area contributed by atoms with Crippen molar-refractivity contribution in [3.05, 3.63) is 99.4 Å². The fourth-order valence-corrected chi connectivity index (χ4v) is 5.56. The Hall–Kier alpha value is -3.04. The molecule has 1 fully saturated rings. The summed E-state index contributed by atoms with van der Waals surface area (Å²) in [5, 5.41) is 7.17. The average Bonchev–Trinajstić information content (AvgIpc) is 3.50. The molecular formula is C27H22Cl2N3O4S-. The van der Waals surface area contributed by atoms with Gasteiger partial charge in [0.1, 0.15) is 0 Å². The van der Waals surface area contributed by atoms with Crippen molar-refractivity contribution in [2.24, 2.45) is 0 Å². The van der Waals surface area contributed by atoms with Crippen LogP contribution in [0.25, 0.3) is 11.4 Å². The lowest BCUT2D eigenvalue weighted by Crippen LogP contribution is -2.16. The molecule has 4 aromatic rings. The molecule has 1 aliphatic carbocycles. The minimum atomic E-state index is -2.20. The summed E-state index contributed by atoms with van der Waals surface area (Å²) in [6, 6.07) is 19.8. The number of nitrogens with one attached hydrogen (secondary N) is 1. The van der Waals surface area contributed by atoms with Crippen molar-refractivity contribution in [1.29, 1.82) is 0 Å². The van der Waals surface area contributed by atoms with Gasteiger partial charge in [-0.05, 0) is 54.1 Å². The maximum atomic E-state index is 12.7. The SMILES string of the molecule is CC(c1ccc(CC(=O)Nc2cc(Cl)c(C3(c4nc(-c5ccccc5)no4)CC3)c(Cl)c2)cc1)S(=O)[O-]. The number of nitrogens with zero attached hydrogens (tertiary/aromatic N) is 2. The number of aromatic nitrogens is 2. The zero-order valence-corrected chi connectivity index (χ0v) is 22.1. The van der Waals surface area contributed by atoms with E-state index in [1.54, 1.807) is 43.3 Å². The van der Waals surface area contributed by atoms with Crippen LogP contribution in [0.3, 0.4) is 0 Å². The lowest BCUT2D eigenvalue weighted by molar-refractivity contribution is -0.115. The number of carbonyl (C=O) groups excluding carboxylic acids is 1. The zero-order valence-electron chi connectivity index (χ0n) is 19.7. The van der Waals surface area contributed by atoms with Crippen LogP contribution >= 0.6 is 23.2 Å². The average molecular weight is 555 g/mol. The van der Waals surface area contributed by atoms with Crippen LogP contribution in [0, 0.1) is 0 Å². The first-order valence-electron chi connectivity index (χ1n) is 11.6. The molecule has 2 atom stereocenters. The molecule has 7 nitrogen and oxygen atoms in total. The summed E-state index contributed by atoms with van der Waals surface area (Å²) in [4.78, 5) is 17.3. The van der Waals surface area contributed by atoms with Gasteiger partial charge in [0, 0.05) is 32.1 Å². The van der Waals surface area contributed by atoms with Gasteiger partial charge in [0.25, 0.3) is 0 Å². The Bertz CT molecular complexity index is 1450. The Morgan fingerprint density at radius 1 is 1.11 bits per heavy atom. The number of carbonyl (C=O) groups is 1. The van der Waals surface area contributed by atoms with E-state index in [0.29, 0.717) is 38.6 Å². The summed E-state index contributed by atoms with van der Waals surface area (Å²) in [5.74, 6) is 0.714. The van der Waals surface area contributed by atoms with Crippen molar-refractivity contribution >= 4 is 45.9 Å². The normalized spacial score (nSPS) is 15.7. The van der Waals surface area contributed by atoms with Gasteiger partial charge in [-0.25, -0.2) is 0 Å². The Labute approximate surface area is 226 Å². The Morgan fingerprint density at radius 2 is 1.76 bits per heavy atom. The minimum absolute atomic E-state index is 0.111. The highest BCUT2D eigenvalue weighted by atomic mass is 35.5. The number of anilines is 1. The summed E-state index contributed by atoms with van der Waals surface area (Å²) < 4.78 is 27.9. The zero-order chi connectivity index (χ0) is 26.2. The van der Waals surface area contributed by atoms with Gasteiger partial charge in [-0.3, -0.25) is 9.00 Å². The highest BCUT2D eigenvalue weighted by Gasteiger charge is 2.53. The van der Waals surface area contributed by atoms with Crippen molar-refractivity contribution in [2.75, 3.05) is 5.32 Å². The van der Waals surface area contributed by atoms with Crippen LogP contribution in [0.15, 0.2) is 71.3 Å². The highest BCUT2D eigenvalue weighted by Crippen LogP contribution is 2.57. The van der Waals surface area contributed by atoms with Gasteiger partial charge in [-0.15, -0.1) is 0 Å². The number of benzene rings is 3. The second-order valence-electron chi connectivity index (χ2n) is 9.06. The van der Waals surface area contributed by atoms with E-state index in [2.05, 4.69) is 15.5 Å². The van der Waals surface area contributed by atoms with Crippen LogP contribution in [-0.4, -0.2) is 24.8 Å². The van der Waals surface area contributed by atoms with Crippen molar-refractivity contribution in [1.82, 2.24) is 10.1 Å². The first kappa shape index (κ1) is 25.6. The fraction of sp³-hybridized carbons (Fsp3) is 0.222. The second kappa shape index (κ2) is 10.4. The van der Waals surface area contributed by atoms with Crippen LogP contribution < -0.4 is 5.32 Å². The van der Waals surface area contributed by atoms with Crippen LogP contribution in [0.4, 0.5) is 5.69 Å². The van der Waals surface area contributed by atoms with Gasteiger partial charge in [-0.2, -0.15) is 4.98 Å². The molecule has 1 heterocycles. The van der Waals surface area contributed by atoms with Gasteiger partial charge in [-0.1, -0.05) is 83.0 Å². The van der Waals surface area contributed by atoms with Crippen LogP contribution in [0.5, 0.6) is 0 Å². The summed E-state index contributed by atoms with van der Waals surface area (Å²) in [6.07, 6.45) is 1.65. The minimum Gasteiger partial charge on any atom is -0.772 e. The molecule has 5 rings (SSSR count). The first-order valence-corrected chi connectivity index (χ1v) is 13.5. The molecule has 37 heavy (non-hydrogen) atoms. The molecule has 1 N–H and O–H groups in total. The molecule has 1 aliphatic rings. The number of rotatable bonds is 8. The van der Waals surface area contributed by atoms with E-state index in [9.17, 15) is 13.6 Å². The third-order valence-electron chi connectivity index (χ3n) is 6.52. The molecule has 0 saturated heterocycles. The molecule has 0 spiro atoms. The number of hydrogen-bond donors (Lipinski definition) is 1. The maximum Gasteiger partial charge on any atom is 0.237 e. The number of halogens is 2. The van der Waals surface area contributed by atoms with Crippen LogP contribution in [0.2, 0.25) is 10.0 Å². The van der Waals surface area contributed by atoms with E-state index in [0.717, 1.165) is 24.0 Å². The van der Waals surface area contributed by atoms with Gasteiger partial charge in [0.2, 0.25) is 17.6 Å². The smallest absolute Gasteiger partial charge is 0.237 e. The topological polar surface area (TPSA) is 108 Å². The Morgan fingerprint density at radius 3 is 2.35 bits per heavy atom. The summed E-state index contributed by atoms with van der Waals surface area (Å²) in [7, 11) is 0. The van der Waals surface area contributed by atoms with Gasteiger partial charge in [0.15, 0.2) is 0 Å². The van der Waals surface area contributed by atoms with Gasteiger partial charge >= 0.3 is 0 Å². The first-order chi connectivity index (χ1) is 17.8. The standard InChI is InChI=1S/C27H23Cl2N3O4S/c1-16(37(34)35)18-9-7-17(8-10-18)13-23(33)30-20-14-21(28)24(22(29)15-20)27(11-12-27)26-31-25(32-36-26)19-5-3-2-4-6-19/h2-10,14-16H,11-13H2,1H3,(H,30,33)(H,34,35)/p-1. The third kappa shape index (κ3) is 5.33. The third-order valence-corrected chi connectivity index (χ3v) is 7.97. The molecular weight excluding hydrogens is 533 g/mol. The lowest BCUT2D eigenvalue weighted by Gasteiger charge is -2.17. The summed E-state index contributed by atoms with van der Waals surface area (Å²) >= 11 is 11.1. The predicted molar refractivity (Wildman–Crippen MR) is 142 cm³/mol. The molecule has 0 aliphatic heterocycles. The second-order valence-corrected chi connectivity index (χ2v) is 11.1.